The lowest BCUT2D eigenvalue weighted by Crippen LogP contribution is -2.30. The molecule has 0 amide bonds. The van der Waals surface area contributed by atoms with Crippen LogP contribution in [0.4, 0.5) is 0 Å². The van der Waals surface area contributed by atoms with Crippen LogP contribution in [0.2, 0.25) is 5.02 Å². The lowest BCUT2D eigenvalue weighted by molar-refractivity contribution is 0.447. The predicted octanol–water partition coefficient (Wildman–Crippen LogP) is 1.87. The fraction of sp³-hybridized carbons (Fsp3) is 0.700. The molecule has 102 valence electrons. The number of alkyl halides is 1. The van der Waals surface area contributed by atoms with E-state index in [1.807, 2.05) is 0 Å². The second-order valence-electron chi connectivity index (χ2n) is 4.42. The van der Waals surface area contributed by atoms with Crippen molar-refractivity contribution >= 4 is 37.6 Å². The Morgan fingerprint density at radius 2 is 2.33 bits per heavy atom. The van der Waals surface area contributed by atoms with Crippen LogP contribution in [-0.2, 0) is 17.1 Å². The van der Waals surface area contributed by atoms with E-state index in [2.05, 4.69) is 21.0 Å². The molecule has 1 aromatic heterocycles. The van der Waals surface area contributed by atoms with E-state index in [-0.39, 0.29) is 10.0 Å². The molecule has 0 aromatic carbocycles. The van der Waals surface area contributed by atoms with E-state index in [0.29, 0.717) is 19.0 Å². The fourth-order valence-electron chi connectivity index (χ4n) is 2.22. The molecule has 0 N–H and O–H groups in total. The number of hydrogen-bond donors (Lipinski definition) is 0. The zero-order valence-corrected chi connectivity index (χ0v) is 13.2. The molecule has 0 saturated carbocycles. The molecule has 0 radical (unpaired) electrons. The highest BCUT2D eigenvalue weighted by Crippen LogP contribution is 2.29. The summed E-state index contributed by atoms with van der Waals surface area (Å²) in [5.41, 5.74) is 0. The van der Waals surface area contributed by atoms with Gasteiger partial charge in [-0.15, -0.1) is 0 Å². The monoisotopic (exact) mass is 355 g/mol. The molecule has 0 aliphatic carbocycles. The third-order valence-corrected chi connectivity index (χ3v) is 6.02. The van der Waals surface area contributed by atoms with Crippen LogP contribution in [-0.4, -0.2) is 40.9 Å². The smallest absolute Gasteiger partial charge is 0.255 e. The number of aromatic nitrogens is 2. The predicted molar refractivity (Wildman–Crippen MR) is 73.5 cm³/mol. The number of hydrogen-bond acceptors (Lipinski definition) is 3. The molecule has 1 atom stereocenters. The maximum atomic E-state index is 12.5. The van der Waals surface area contributed by atoms with Crippen molar-refractivity contribution in [3.05, 3.63) is 11.2 Å². The molecule has 1 unspecified atom stereocenters. The van der Waals surface area contributed by atoms with Crippen LogP contribution in [0.1, 0.15) is 12.8 Å². The van der Waals surface area contributed by atoms with Gasteiger partial charge in [-0.1, -0.05) is 27.5 Å². The van der Waals surface area contributed by atoms with E-state index in [9.17, 15) is 8.42 Å². The Bertz CT molecular complexity index is 512. The standard InChI is InChI=1S/C10H15BrClN3O2S/c1-14-10(9(12)6-13-14)18(16,17)15-5-3-8(7-15)2-4-11/h6,8H,2-5,7H2,1H3. The fourth-order valence-corrected chi connectivity index (χ4v) is 5.00. The Morgan fingerprint density at radius 1 is 1.61 bits per heavy atom. The summed E-state index contributed by atoms with van der Waals surface area (Å²) in [6.07, 6.45) is 3.26. The summed E-state index contributed by atoms with van der Waals surface area (Å²) < 4.78 is 27.7. The Balaban J connectivity index is 2.23. The van der Waals surface area contributed by atoms with Crippen molar-refractivity contribution in [3.63, 3.8) is 0 Å². The number of halogens is 2. The van der Waals surface area contributed by atoms with Gasteiger partial charge in [0, 0.05) is 25.5 Å². The van der Waals surface area contributed by atoms with E-state index < -0.39 is 10.0 Å². The van der Waals surface area contributed by atoms with Crippen molar-refractivity contribution < 1.29 is 8.42 Å². The molecule has 1 aliphatic heterocycles. The molecule has 0 spiro atoms. The molecule has 1 aromatic rings. The van der Waals surface area contributed by atoms with Crippen molar-refractivity contribution in [2.75, 3.05) is 18.4 Å². The van der Waals surface area contributed by atoms with E-state index in [4.69, 9.17) is 11.6 Å². The van der Waals surface area contributed by atoms with E-state index in [0.717, 1.165) is 18.2 Å². The van der Waals surface area contributed by atoms with E-state index >= 15 is 0 Å². The van der Waals surface area contributed by atoms with Crippen LogP contribution in [0.15, 0.2) is 11.2 Å². The van der Waals surface area contributed by atoms with Gasteiger partial charge in [-0.05, 0) is 18.8 Å². The number of aryl methyl sites for hydroxylation is 1. The van der Waals surface area contributed by atoms with Crippen LogP contribution in [0.25, 0.3) is 0 Å². The largest absolute Gasteiger partial charge is 0.261 e. The van der Waals surface area contributed by atoms with Gasteiger partial charge in [0.2, 0.25) is 0 Å². The number of nitrogens with zero attached hydrogens (tertiary/aromatic N) is 3. The molecule has 8 heteroatoms. The normalized spacial score (nSPS) is 21.6. The lowest BCUT2D eigenvalue weighted by atomic mass is 10.1. The van der Waals surface area contributed by atoms with Crippen molar-refractivity contribution in [3.8, 4) is 0 Å². The van der Waals surface area contributed by atoms with Crippen LogP contribution in [0, 0.1) is 5.92 Å². The van der Waals surface area contributed by atoms with Gasteiger partial charge in [0.05, 0.1) is 11.2 Å². The molecule has 5 nitrogen and oxygen atoms in total. The Morgan fingerprint density at radius 3 is 2.89 bits per heavy atom. The van der Waals surface area contributed by atoms with Gasteiger partial charge in [0.15, 0.2) is 5.03 Å². The first-order valence-corrected chi connectivity index (χ1v) is 8.64. The first-order valence-electron chi connectivity index (χ1n) is 5.70. The highest BCUT2D eigenvalue weighted by Gasteiger charge is 2.35. The summed E-state index contributed by atoms with van der Waals surface area (Å²) in [4.78, 5) is 0. The Hall–Kier alpha value is -0.110. The first kappa shape index (κ1) is 14.3. The van der Waals surface area contributed by atoms with Gasteiger partial charge < -0.3 is 0 Å². The molecule has 1 fully saturated rings. The van der Waals surface area contributed by atoms with Crippen molar-refractivity contribution in [2.45, 2.75) is 17.9 Å². The molecule has 0 bridgehead atoms. The third kappa shape index (κ3) is 2.59. The minimum atomic E-state index is -3.52. The second-order valence-corrected chi connectivity index (χ2v) is 7.47. The van der Waals surface area contributed by atoms with Crippen molar-refractivity contribution in [2.24, 2.45) is 13.0 Å². The average Bonchev–Trinajstić information content (AvgIpc) is 2.87. The molecule has 1 aliphatic rings. The summed E-state index contributed by atoms with van der Waals surface area (Å²) in [6, 6.07) is 0. The maximum Gasteiger partial charge on any atom is 0.261 e. The molecule has 2 heterocycles. The minimum absolute atomic E-state index is 0.0867. The summed E-state index contributed by atoms with van der Waals surface area (Å²) in [5.74, 6) is 0.422. The molecule has 18 heavy (non-hydrogen) atoms. The second kappa shape index (κ2) is 5.48. The van der Waals surface area contributed by atoms with Gasteiger partial charge in [0.1, 0.15) is 0 Å². The van der Waals surface area contributed by atoms with Crippen LogP contribution >= 0.6 is 27.5 Å². The van der Waals surface area contributed by atoms with Gasteiger partial charge in [-0.3, -0.25) is 4.68 Å². The summed E-state index contributed by atoms with van der Waals surface area (Å²) in [6.45, 7) is 1.12. The highest BCUT2D eigenvalue weighted by atomic mass is 79.9. The molecular formula is C10H15BrClN3O2S. The van der Waals surface area contributed by atoms with Gasteiger partial charge in [-0.2, -0.15) is 9.40 Å². The van der Waals surface area contributed by atoms with Gasteiger partial charge >= 0.3 is 0 Å². The average molecular weight is 357 g/mol. The van der Waals surface area contributed by atoms with Crippen LogP contribution < -0.4 is 0 Å². The first-order chi connectivity index (χ1) is 8.46. The van der Waals surface area contributed by atoms with Crippen LogP contribution in [0.3, 0.4) is 0 Å². The minimum Gasteiger partial charge on any atom is -0.255 e. The van der Waals surface area contributed by atoms with Crippen molar-refractivity contribution in [1.82, 2.24) is 14.1 Å². The zero-order valence-electron chi connectivity index (χ0n) is 10.0. The SMILES string of the molecule is Cn1ncc(Cl)c1S(=O)(=O)N1CCC(CCBr)C1. The van der Waals surface area contributed by atoms with Gasteiger partial charge in [-0.25, -0.2) is 8.42 Å². The lowest BCUT2D eigenvalue weighted by Gasteiger charge is -2.16. The number of sulfonamides is 1. The maximum absolute atomic E-state index is 12.5. The van der Waals surface area contributed by atoms with E-state index in [1.165, 1.54) is 15.2 Å². The van der Waals surface area contributed by atoms with Crippen molar-refractivity contribution in [1.29, 1.82) is 0 Å². The zero-order chi connectivity index (χ0) is 13.3. The highest BCUT2D eigenvalue weighted by molar-refractivity contribution is 9.09. The Kier molecular flexibility index (Phi) is 4.36. The topological polar surface area (TPSA) is 55.2 Å². The molecular weight excluding hydrogens is 342 g/mol. The summed E-state index contributed by atoms with van der Waals surface area (Å²) >= 11 is 9.30. The number of rotatable bonds is 4. The summed E-state index contributed by atoms with van der Waals surface area (Å²) in [5, 5.41) is 5.05. The Labute approximate surface area is 120 Å². The van der Waals surface area contributed by atoms with Gasteiger partial charge in [0.25, 0.3) is 10.0 Å². The van der Waals surface area contributed by atoms with Crippen LogP contribution in [0.5, 0.6) is 0 Å². The van der Waals surface area contributed by atoms with E-state index in [1.54, 1.807) is 7.05 Å². The molecule has 1 saturated heterocycles. The quantitative estimate of drug-likeness (QED) is 0.774. The molecule has 2 rings (SSSR count). The third-order valence-electron chi connectivity index (χ3n) is 3.19. The summed E-state index contributed by atoms with van der Waals surface area (Å²) in [7, 11) is -1.93.